The van der Waals surface area contributed by atoms with Crippen LogP contribution in [0.5, 0.6) is 0 Å². The Kier molecular flexibility index (Phi) is 5.95. The van der Waals surface area contributed by atoms with Crippen molar-refractivity contribution in [2.75, 3.05) is 0 Å². The van der Waals surface area contributed by atoms with Crippen molar-refractivity contribution in [2.24, 2.45) is 5.10 Å². The quantitative estimate of drug-likeness (QED) is 0.475. The maximum absolute atomic E-state index is 12.3. The molecule has 2 aromatic rings. The average Bonchev–Trinajstić information content (AvgIpc) is 2.53. The van der Waals surface area contributed by atoms with E-state index in [1.54, 1.807) is 43.3 Å². The Bertz CT molecular complexity index is 818. The molecule has 0 heterocycles. The predicted octanol–water partition coefficient (Wildman–Crippen LogP) is 4.01. The van der Waals surface area contributed by atoms with E-state index in [-0.39, 0.29) is 4.90 Å². The molecule has 0 atom stereocenters. The van der Waals surface area contributed by atoms with Gasteiger partial charge in [-0.15, -0.1) is 0 Å². The molecule has 2 rings (SSSR count). The van der Waals surface area contributed by atoms with Gasteiger partial charge in [-0.2, -0.15) is 27.1 Å². The molecule has 0 fully saturated rings. The lowest BCUT2D eigenvalue weighted by Crippen LogP contribution is -2.19. The molecular formula is C16H16F2N2O2S2. The monoisotopic (exact) mass is 370 g/mol. The van der Waals surface area contributed by atoms with Gasteiger partial charge in [0.1, 0.15) is 0 Å². The van der Waals surface area contributed by atoms with Crippen LogP contribution in [0.3, 0.4) is 0 Å². The molecule has 1 N–H and O–H groups in total. The summed E-state index contributed by atoms with van der Waals surface area (Å²) in [6, 6.07) is 12.7. The summed E-state index contributed by atoms with van der Waals surface area (Å²) < 4.78 is 48.9. The van der Waals surface area contributed by atoms with Gasteiger partial charge < -0.3 is 0 Å². The van der Waals surface area contributed by atoms with E-state index in [0.29, 0.717) is 27.9 Å². The molecule has 128 valence electrons. The van der Waals surface area contributed by atoms with Gasteiger partial charge in [-0.25, -0.2) is 0 Å². The summed E-state index contributed by atoms with van der Waals surface area (Å²) in [5.41, 5.74) is 2.02. The van der Waals surface area contributed by atoms with Gasteiger partial charge in [0.2, 0.25) is 0 Å². The molecule has 4 nitrogen and oxygen atoms in total. The number of nitrogens with zero attached hydrogens (tertiary/aromatic N) is 1. The molecule has 0 aliphatic heterocycles. The van der Waals surface area contributed by atoms with Crippen LogP contribution < -0.4 is 4.83 Å². The third kappa shape index (κ3) is 5.04. The fourth-order valence-corrected chi connectivity index (χ4v) is 3.20. The van der Waals surface area contributed by atoms with E-state index in [1.165, 1.54) is 12.1 Å². The molecule has 2 aromatic carbocycles. The Hall–Kier alpha value is -1.93. The largest absolute Gasteiger partial charge is 0.288 e. The number of benzene rings is 2. The lowest BCUT2D eigenvalue weighted by atomic mass is 10.1. The van der Waals surface area contributed by atoms with Crippen LogP contribution in [0.25, 0.3) is 0 Å². The van der Waals surface area contributed by atoms with Crippen LogP contribution >= 0.6 is 11.8 Å². The van der Waals surface area contributed by atoms with E-state index in [1.807, 2.05) is 6.92 Å². The van der Waals surface area contributed by atoms with Crippen LogP contribution in [0.4, 0.5) is 8.78 Å². The van der Waals surface area contributed by atoms with Gasteiger partial charge in [-0.05, 0) is 43.7 Å². The molecule has 8 heteroatoms. The maximum atomic E-state index is 12.3. The molecule has 0 unspecified atom stereocenters. The number of aryl methyl sites for hydroxylation is 1. The van der Waals surface area contributed by atoms with Gasteiger partial charge in [-0.1, -0.05) is 41.6 Å². The first-order valence-electron chi connectivity index (χ1n) is 6.96. The van der Waals surface area contributed by atoms with E-state index < -0.39 is 15.8 Å². The smallest absolute Gasteiger partial charge is 0.200 e. The van der Waals surface area contributed by atoms with E-state index >= 15 is 0 Å². The van der Waals surface area contributed by atoms with Crippen molar-refractivity contribution in [3.8, 4) is 0 Å². The fraction of sp³-hybridized carbons (Fsp3) is 0.188. The van der Waals surface area contributed by atoms with Gasteiger partial charge in [-0.3, -0.25) is 0 Å². The molecule has 0 saturated carbocycles. The van der Waals surface area contributed by atoms with Crippen molar-refractivity contribution in [1.82, 2.24) is 4.83 Å². The second kappa shape index (κ2) is 7.76. The Morgan fingerprint density at radius 2 is 1.67 bits per heavy atom. The van der Waals surface area contributed by atoms with E-state index in [0.717, 1.165) is 5.56 Å². The van der Waals surface area contributed by atoms with Crippen molar-refractivity contribution in [3.63, 3.8) is 0 Å². The van der Waals surface area contributed by atoms with Crippen molar-refractivity contribution < 1.29 is 17.2 Å². The topological polar surface area (TPSA) is 58.5 Å². The van der Waals surface area contributed by atoms with Crippen molar-refractivity contribution >= 4 is 27.5 Å². The molecule has 0 aromatic heterocycles. The second-order valence-corrected chi connectivity index (χ2v) is 7.73. The van der Waals surface area contributed by atoms with Crippen LogP contribution in [-0.2, 0) is 10.0 Å². The minimum absolute atomic E-state index is 0.119. The third-order valence-electron chi connectivity index (χ3n) is 3.16. The number of hydrogen-bond acceptors (Lipinski definition) is 4. The van der Waals surface area contributed by atoms with E-state index in [9.17, 15) is 17.2 Å². The maximum Gasteiger partial charge on any atom is 0.288 e. The first kappa shape index (κ1) is 18.4. The summed E-state index contributed by atoms with van der Waals surface area (Å²) in [6.45, 7) is 3.50. The summed E-state index contributed by atoms with van der Waals surface area (Å²) in [5, 5.41) is 3.88. The summed E-state index contributed by atoms with van der Waals surface area (Å²) in [5.74, 6) is -2.48. The number of alkyl halides is 2. The Morgan fingerprint density at radius 1 is 1.08 bits per heavy atom. The van der Waals surface area contributed by atoms with Crippen LogP contribution in [0, 0.1) is 6.92 Å². The van der Waals surface area contributed by atoms with Gasteiger partial charge in [0.15, 0.2) is 0 Å². The highest BCUT2D eigenvalue weighted by molar-refractivity contribution is 7.99. The van der Waals surface area contributed by atoms with Crippen molar-refractivity contribution in [3.05, 3.63) is 59.7 Å². The van der Waals surface area contributed by atoms with Crippen molar-refractivity contribution in [2.45, 2.75) is 29.4 Å². The fourth-order valence-electron chi connectivity index (χ4n) is 1.84. The lowest BCUT2D eigenvalue weighted by Gasteiger charge is -2.06. The van der Waals surface area contributed by atoms with Gasteiger partial charge in [0.25, 0.3) is 15.8 Å². The van der Waals surface area contributed by atoms with Crippen LogP contribution in [0.2, 0.25) is 0 Å². The number of nitrogens with one attached hydrogen (secondary N) is 1. The Labute approximate surface area is 144 Å². The molecule has 0 amide bonds. The minimum atomic E-state index is -3.74. The molecule has 0 spiro atoms. The summed E-state index contributed by atoms with van der Waals surface area (Å²) in [4.78, 5) is 2.73. The number of hydrogen-bond donors (Lipinski definition) is 1. The van der Waals surface area contributed by atoms with Gasteiger partial charge in [0, 0.05) is 4.90 Å². The summed E-state index contributed by atoms with van der Waals surface area (Å²) >= 11 is 0.450. The second-order valence-electron chi connectivity index (χ2n) is 5.01. The summed E-state index contributed by atoms with van der Waals surface area (Å²) in [7, 11) is -3.74. The highest BCUT2D eigenvalue weighted by Gasteiger charge is 2.12. The van der Waals surface area contributed by atoms with Gasteiger partial charge >= 0.3 is 0 Å². The molecule has 24 heavy (non-hydrogen) atoms. The zero-order valence-electron chi connectivity index (χ0n) is 13.0. The first-order chi connectivity index (χ1) is 11.3. The number of hydrazone groups is 1. The molecule has 0 aliphatic rings. The zero-order chi connectivity index (χ0) is 17.7. The molecule has 0 saturated heterocycles. The van der Waals surface area contributed by atoms with Crippen molar-refractivity contribution in [1.29, 1.82) is 0 Å². The highest BCUT2D eigenvalue weighted by atomic mass is 32.2. The molecular weight excluding hydrogens is 354 g/mol. The first-order valence-corrected chi connectivity index (χ1v) is 9.32. The molecule has 0 bridgehead atoms. The number of halogens is 2. The highest BCUT2D eigenvalue weighted by Crippen LogP contribution is 2.25. The normalized spacial score (nSPS) is 12.5. The number of thioether (sulfide) groups is 1. The lowest BCUT2D eigenvalue weighted by molar-refractivity contribution is 0.252. The molecule has 0 radical (unpaired) electrons. The van der Waals surface area contributed by atoms with Crippen LogP contribution in [0.1, 0.15) is 18.1 Å². The summed E-state index contributed by atoms with van der Waals surface area (Å²) in [6.07, 6.45) is 0. The third-order valence-corrected chi connectivity index (χ3v) is 5.11. The van der Waals surface area contributed by atoms with Gasteiger partial charge in [0.05, 0.1) is 10.6 Å². The minimum Gasteiger partial charge on any atom is -0.200 e. The SMILES string of the molecule is C/C(=N/NS(=O)(=O)c1ccc(C)cc1)c1ccc(SC(F)F)cc1. The Morgan fingerprint density at radius 3 is 2.21 bits per heavy atom. The zero-order valence-corrected chi connectivity index (χ0v) is 14.7. The van der Waals surface area contributed by atoms with Crippen LogP contribution in [-0.4, -0.2) is 19.9 Å². The standard InChI is InChI=1S/C16H16F2N2O2S2/c1-11-3-9-15(10-4-11)24(21,22)20-19-12(2)13-5-7-14(8-6-13)23-16(17)18/h3-10,16,20H,1-2H3/b19-12-. The molecule has 0 aliphatic carbocycles. The number of sulfonamides is 1. The number of rotatable bonds is 6. The predicted molar refractivity (Wildman–Crippen MR) is 92.0 cm³/mol. The Balaban J connectivity index is 2.11. The van der Waals surface area contributed by atoms with E-state index in [4.69, 9.17) is 0 Å². The van der Waals surface area contributed by atoms with E-state index in [2.05, 4.69) is 9.93 Å². The van der Waals surface area contributed by atoms with Crippen LogP contribution in [0.15, 0.2) is 63.4 Å². The average molecular weight is 370 g/mol.